The first-order chi connectivity index (χ1) is 13.5. The van der Waals surface area contributed by atoms with Gasteiger partial charge in [-0.3, -0.25) is 9.59 Å². The van der Waals surface area contributed by atoms with Crippen LogP contribution in [0.1, 0.15) is 12.5 Å². The smallest absolute Gasteiger partial charge is 0.311 e. The third kappa shape index (κ3) is 5.47. The molecule has 0 saturated carbocycles. The Morgan fingerprint density at radius 3 is 2.50 bits per heavy atom. The molecule has 1 aliphatic heterocycles. The fraction of sp³-hybridized carbons (Fsp3) is 0.333. The first-order valence-electron chi connectivity index (χ1n) is 9.19. The van der Waals surface area contributed by atoms with E-state index in [1.165, 1.54) is 0 Å². The zero-order valence-electron chi connectivity index (χ0n) is 15.7. The second kappa shape index (κ2) is 9.57. The topological polar surface area (TPSA) is 67.9 Å². The lowest BCUT2D eigenvalue weighted by molar-refractivity contribution is -0.152. The first-order valence-corrected chi connectivity index (χ1v) is 9.57. The number of ether oxygens (including phenoxy) is 2. The van der Waals surface area contributed by atoms with Gasteiger partial charge < -0.3 is 19.7 Å². The van der Waals surface area contributed by atoms with E-state index in [0.29, 0.717) is 16.3 Å². The summed E-state index contributed by atoms with van der Waals surface area (Å²) in [5, 5.41) is 3.26. The fourth-order valence-electron chi connectivity index (χ4n) is 2.91. The SMILES string of the molecule is C[C@H](OC(=O)Cc1ccccc1Cl)C(=O)Nc1ccc(N2CCOCC2)cc1. The van der Waals surface area contributed by atoms with Gasteiger partial charge in [-0.1, -0.05) is 29.8 Å². The molecular weight excluding hydrogens is 380 g/mol. The van der Waals surface area contributed by atoms with Gasteiger partial charge in [0.1, 0.15) is 0 Å². The van der Waals surface area contributed by atoms with Crippen LogP contribution in [0.2, 0.25) is 5.02 Å². The van der Waals surface area contributed by atoms with Crippen molar-refractivity contribution in [1.29, 1.82) is 0 Å². The molecule has 0 unspecified atom stereocenters. The van der Waals surface area contributed by atoms with Crippen LogP contribution < -0.4 is 10.2 Å². The molecule has 2 aromatic carbocycles. The number of halogens is 1. The van der Waals surface area contributed by atoms with Crippen molar-refractivity contribution in [2.75, 3.05) is 36.5 Å². The van der Waals surface area contributed by atoms with E-state index >= 15 is 0 Å². The Hall–Kier alpha value is -2.57. The number of hydrogen-bond acceptors (Lipinski definition) is 5. The number of carbonyl (C=O) groups excluding carboxylic acids is 2. The molecule has 6 nitrogen and oxygen atoms in total. The third-order valence-corrected chi connectivity index (χ3v) is 4.85. The minimum atomic E-state index is -0.908. The highest BCUT2D eigenvalue weighted by atomic mass is 35.5. The number of rotatable bonds is 6. The van der Waals surface area contributed by atoms with Gasteiger partial charge in [0.25, 0.3) is 5.91 Å². The summed E-state index contributed by atoms with van der Waals surface area (Å²) in [5.41, 5.74) is 2.40. The van der Waals surface area contributed by atoms with Crippen LogP contribution in [-0.2, 0) is 25.5 Å². The van der Waals surface area contributed by atoms with Gasteiger partial charge in [-0.25, -0.2) is 0 Å². The summed E-state index contributed by atoms with van der Waals surface area (Å²) in [6.07, 6.45) is -0.889. The fourth-order valence-corrected chi connectivity index (χ4v) is 3.11. The number of carbonyl (C=O) groups is 2. The maximum Gasteiger partial charge on any atom is 0.311 e. The summed E-state index contributed by atoms with van der Waals surface area (Å²) in [7, 11) is 0. The molecule has 1 amide bonds. The van der Waals surface area contributed by atoms with Crippen molar-refractivity contribution in [2.24, 2.45) is 0 Å². The van der Waals surface area contributed by atoms with Crippen molar-refractivity contribution < 1.29 is 19.1 Å². The van der Waals surface area contributed by atoms with Crippen molar-refractivity contribution in [3.8, 4) is 0 Å². The number of benzene rings is 2. The second-order valence-electron chi connectivity index (χ2n) is 6.54. The Balaban J connectivity index is 1.50. The highest BCUT2D eigenvalue weighted by Crippen LogP contribution is 2.20. The van der Waals surface area contributed by atoms with E-state index < -0.39 is 12.1 Å². The van der Waals surface area contributed by atoms with Gasteiger partial charge in [0.2, 0.25) is 0 Å². The van der Waals surface area contributed by atoms with Crippen LogP contribution in [0.25, 0.3) is 0 Å². The van der Waals surface area contributed by atoms with Crippen molar-refractivity contribution >= 4 is 34.9 Å². The van der Waals surface area contributed by atoms with Crippen LogP contribution in [0.3, 0.4) is 0 Å². The van der Waals surface area contributed by atoms with E-state index in [1.54, 1.807) is 31.2 Å². The quantitative estimate of drug-likeness (QED) is 0.751. The number of morpholine rings is 1. The van der Waals surface area contributed by atoms with Crippen molar-refractivity contribution in [3.63, 3.8) is 0 Å². The molecule has 1 fully saturated rings. The van der Waals surface area contributed by atoms with Crippen LogP contribution in [0.4, 0.5) is 11.4 Å². The van der Waals surface area contributed by atoms with E-state index in [1.807, 2.05) is 24.3 Å². The van der Waals surface area contributed by atoms with Crippen LogP contribution in [0.5, 0.6) is 0 Å². The van der Waals surface area contributed by atoms with Crippen LogP contribution in [0.15, 0.2) is 48.5 Å². The molecule has 0 aromatic heterocycles. The minimum Gasteiger partial charge on any atom is -0.452 e. The van der Waals surface area contributed by atoms with E-state index in [2.05, 4.69) is 10.2 Å². The Morgan fingerprint density at radius 2 is 1.82 bits per heavy atom. The van der Waals surface area contributed by atoms with E-state index in [0.717, 1.165) is 32.0 Å². The summed E-state index contributed by atoms with van der Waals surface area (Å²) in [6.45, 7) is 4.68. The molecule has 148 valence electrons. The van der Waals surface area contributed by atoms with Crippen LogP contribution >= 0.6 is 11.6 Å². The Kier molecular flexibility index (Phi) is 6.90. The number of amides is 1. The predicted molar refractivity (Wildman–Crippen MR) is 109 cm³/mol. The lowest BCUT2D eigenvalue weighted by Crippen LogP contribution is -2.36. The zero-order valence-corrected chi connectivity index (χ0v) is 16.4. The molecule has 1 heterocycles. The molecule has 0 spiro atoms. The van der Waals surface area contributed by atoms with E-state index in [4.69, 9.17) is 21.1 Å². The summed E-state index contributed by atoms with van der Waals surface area (Å²) in [6, 6.07) is 14.6. The molecule has 0 bridgehead atoms. The van der Waals surface area contributed by atoms with Crippen LogP contribution in [-0.4, -0.2) is 44.3 Å². The molecule has 1 atom stereocenters. The average molecular weight is 403 g/mol. The largest absolute Gasteiger partial charge is 0.452 e. The highest BCUT2D eigenvalue weighted by molar-refractivity contribution is 6.31. The van der Waals surface area contributed by atoms with Gasteiger partial charge in [0, 0.05) is 29.5 Å². The second-order valence-corrected chi connectivity index (χ2v) is 6.94. The van der Waals surface area contributed by atoms with Gasteiger partial charge in [-0.2, -0.15) is 0 Å². The van der Waals surface area contributed by atoms with Gasteiger partial charge >= 0.3 is 5.97 Å². The zero-order chi connectivity index (χ0) is 19.9. The number of hydrogen-bond donors (Lipinski definition) is 1. The minimum absolute atomic E-state index is 0.0194. The summed E-state index contributed by atoms with van der Waals surface area (Å²) in [4.78, 5) is 26.6. The number of nitrogens with one attached hydrogen (secondary N) is 1. The monoisotopic (exact) mass is 402 g/mol. The predicted octanol–water partition coefficient (Wildman–Crippen LogP) is 3.29. The molecule has 0 radical (unpaired) electrons. The number of esters is 1. The highest BCUT2D eigenvalue weighted by Gasteiger charge is 2.19. The Labute approximate surface area is 169 Å². The average Bonchev–Trinajstić information content (AvgIpc) is 2.71. The lowest BCUT2D eigenvalue weighted by atomic mass is 10.1. The normalized spacial score (nSPS) is 15.0. The first kappa shape index (κ1) is 20.2. The van der Waals surface area contributed by atoms with Gasteiger partial charge in [-0.05, 0) is 42.8 Å². The maximum absolute atomic E-state index is 12.3. The Bertz CT molecular complexity index is 819. The Morgan fingerprint density at radius 1 is 1.14 bits per heavy atom. The molecule has 2 aromatic rings. The third-order valence-electron chi connectivity index (χ3n) is 4.48. The molecule has 3 rings (SSSR count). The summed E-state index contributed by atoms with van der Waals surface area (Å²) >= 11 is 6.05. The molecular formula is C21H23ClN2O4. The van der Waals surface area contributed by atoms with Crippen LogP contribution in [0, 0.1) is 0 Å². The number of nitrogens with zero attached hydrogens (tertiary/aromatic N) is 1. The molecule has 1 aliphatic rings. The molecule has 1 saturated heterocycles. The molecule has 0 aliphatic carbocycles. The maximum atomic E-state index is 12.3. The van der Waals surface area contributed by atoms with E-state index in [9.17, 15) is 9.59 Å². The number of anilines is 2. The molecule has 7 heteroatoms. The van der Waals surface area contributed by atoms with Crippen molar-refractivity contribution in [2.45, 2.75) is 19.4 Å². The molecule has 28 heavy (non-hydrogen) atoms. The lowest BCUT2D eigenvalue weighted by Gasteiger charge is -2.28. The van der Waals surface area contributed by atoms with Crippen molar-refractivity contribution in [1.82, 2.24) is 0 Å². The van der Waals surface area contributed by atoms with E-state index in [-0.39, 0.29) is 12.3 Å². The van der Waals surface area contributed by atoms with Gasteiger partial charge in [-0.15, -0.1) is 0 Å². The molecule has 1 N–H and O–H groups in total. The van der Waals surface area contributed by atoms with Gasteiger partial charge in [0.15, 0.2) is 6.10 Å². The van der Waals surface area contributed by atoms with Gasteiger partial charge in [0.05, 0.1) is 19.6 Å². The summed E-state index contributed by atoms with van der Waals surface area (Å²) < 4.78 is 10.6. The standard InChI is InChI=1S/C21H23ClN2O4/c1-15(28-20(25)14-16-4-2-3-5-19(16)22)21(26)23-17-6-8-18(9-7-17)24-10-12-27-13-11-24/h2-9,15H,10-14H2,1H3,(H,23,26)/t15-/m0/s1. The van der Waals surface area contributed by atoms with Crippen molar-refractivity contribution in [3.05, 3.63) is 59.1 Å². The summed E-state index contributed by atoms with van der Waals surface area (Å²) in [5.74, 6) is -0.884.